The van der Waals surface area contributed by atoms with E-state index >= 15 is 0 Å². The van der Waals surface area contributed by atoms with Crippen LogP contribution in [0.15, 0.2) is 36.9 Å². The number of likely N-dealkylation sites (tertiary alicyclic amines) is 1. The monoisotopic (exact) mass is 433 g/mol. The van der Waals surface area contributed by atoms with E-state index in [1.165, 1.54) is 37.9 Å². The average molecular weight is 434 g/mol. The van der Waals surface area contributed by atoms with E-state index in [2.05, 4.69) is 30.2 Å². The highest BCUT2D eigenvalue weighted by molar-refractivity contribution is 5.84. The largest absolute Gasteiger partial charge is 0.488 e. The third-order valence-electron chi connectivity index (χ3n) is 6.42. The van der Waals surface area contributed by atoms with Gasteiger partial charge in [0.1, 0.15) is 11.3 Å². The van der Waals surface area contributed by atoms with Crippen LogP contribution < -0.4 is 15.8 Å². The van der Waals surface area contributed by atoms with Crippen molar-refractivity contribution in [2.45, 2.75) is 63.6 Å². The molecule has 0 spiro atoms. The number of rotatable bonds is 6. The van der Waals surface area contributed by atoms with Gasteiger partial charge in [-0.05, 0) is 57.7 Å². The Kier molecular flexibility index (Phi) is 6.29. The topological polar surface area (TPSA) is 102 Å². The van der Waals surface area contributed by atoms with Gasteiger partial charge in [0.15, 0.2) is 0 Å². The molecule has 1 saturated carbocycles. The summed E-state index contributed by atoms with van der Waals surface area (Å²) in [6.45, 7) is 3.32. The molecule has 3 aromatic rings. The molecule has 8 nitrogen and oxygen atoms in total. The van der Waals surface area contributed by atoms with Crippen LogP contribution in [0.4, 0.5) is 11.6 Å². The van der Waals surface area contributed by atoms with Crippen molar-refractivity contribution < 1.29 is 4.74 Å². The van der Waals surface area contributed by atoms with Crippen LogP contribution in [0.25, 0.3) is 11.0 Å². The van der Waals surface area contributed by atoms with Crippen molar-refractivity contribution in [3.8, 4) is 5.75 Å². The first-order valence-corrected chi connectivity index (χ1v) is 11.7. The Morgan fingerprint density at radius 1 is 0.938 bits per heavy atom. The minimum absolute atomic E-state index is 0.146. The second kappa shape index (κ2) is 9.65. The van der Waals surface area contributed by atoms with Gasteiger partial charge in [0.2, 0.25) is 5.95 Å². The molecule has 8 heteroatoms. The van der Waals surface area contributed by atoms with Crippen molar-refractivity contribution in [3.05, 3.63) is 42.5 Å². The van der Waals surface area contributed by atoms with Gasteiger partial charge in [-0.2, -0.15) is 0 Å². The molecule has 2 aliphatic rings. The summed E-state index contributed by atoms with van der Waals surface area (Å²) in [5.41, 5.74) is 9.38. The van der Waals surface area contributed by atoms with Crippen LogP contribution in [-0.4, -0.2) is 50.1 Å². The Hall–Kier alpha value is -3.00. The van der Waals surface area contributed by atoms with Crippen LogP contribution in [0.5, 0.6) is 5.75 Å². The predicted molar refractivity (Wildman–Crippen MR) is 125 cm³/mol. The summed E-state index contributed by atoms with van der Waals surface area (Å²) in [6.07, 6.45) is 15.3. The fourth-order valence-electron chi connectivity index (χ4n) is 4.73. The minimum atomic E-state index is 0.146. The average Bonchev–Trinajstić information content (AvgIpc) is 2.82. The van der Waals surface area contributed by atoms with E-state index in [0.29, 0.717) is 17.7 Å². The van der Waals surface area contributed by atoms with Gasteiger partial charge < -0.3 is 15.8 Å². The van der Waals surface area contributed by atoms with Crippen LogP contribution in [0.1, 0.15) is 50.5 Å². The van der Waals surface area contributed by atoms with Crippen LogP contribution in [0.3, 0.4) is 0 Å². The first kappa shape index (κ1) is 20.9. The number of anilines is 2. The van der Waals surface area contributed by atoms with Crippen molar-refractivity contribution in [2.75, 3.05) is 24.1 Å². The predicted octanol–water partition coefficient (Wildman–Crippen LogP) is 3.79. The molecular formula is C24H31N7O. The lowest BCUT2D eigenvalue weighted by molar-refractivity contribution is 0.152. The minimum Gasteiger partial charge on any atom is -0.488 e. The van der Waals surface area contributed by atoms with Crippen LogP contribution in [0, 0.1) is 0 Å². The van der Waals surface area contributed by atoms with Crippen LogP contribution in [-0.2, 0) is 6.54 Å². The summed E-state index contributed by atoms with van der Waals surface area (Å²) in [5.74, 6) is 1.44. The van der Waals surface area contributed by atoms with E-state index in [1.54, 1.807) is 12.4 Å². The molecule has 1 aliphatic heterocycles. The maximum atomic E-state index is 6.29. The maximum absolute atomic E-state index is 6.29. The third-order valence-corrected chi connectivity index (χ3v) is 6.42. The molecule has 0 bridgehead atoms. The number of aromatic nitrogens is 4. The molecule has 0 unspecified atom stereocenters. The normalized spacial score (nSPS) is 22.0. The zero-order valence-electron chi connectivity index (χ0n) is 18.4. The first-order valence-electron chi connectivity index (χ1n) is 11.7. The molecule has 3 N–H and O–H groups in total. The smallest absolute Gasteiger partial charge is 0.222 e. The number of nitrogens with two attached hydrogens (primary N) is 1. The second-order valence-electron chi connectivity index (χ2n) is 8.93. The molecule has 1 aromatic carbocycles. The highest BCUT2D eigenvalue weighted by Crippen LogP contribution is 2.30. The Balaban J connectivity index is 1.13. The summed E-state index contributed by atoms with van der Waals surface area (Å²) < 4.78 is 6.29. The first-order chi connectivity index (χ1) is 15.7. The molecule has 1 saturated heterocycles. The summed E-state index contributed by atoms with van der Waals surface area (Å²) in [5, 5.41) is 3.50. The number of nitrogen functional groups attached to an aromatic ring is 1. The SMILES string of the molecule is Nc1cc(OC2CCC(Nc3ncc(CN4CCCCC4)cn3)CC2)c2nccnc2c1. The number of hydrogen-bond donors (Lipinski definition) is 2. The number of hydrogen-bond acceptors (Lipinski definition) is 8. The molecular weight excluding hydrogens is 402 g/mol. The molecule has 32 heavy (non-hydrogen) atoms. The fraction of sp³-hybridized carbons (Fsp3) is 0.500. The van der Waals surface area contributed by atoms with Gasteiger partial charge >= 0.3 is 0 Å². The Bertz CT molecular complexity index is 1030. The van der Waals surface area contributed by atoms with Gasteiger partial charge in [-0.15, -0.1) is 0 Å². The van der Waals surface area contributed by atoms with Crippen molar-refractivity contribution >= 4 is 22.7 Å². The van der Waals surface area contributed by atoms with Gasteiger partial charge in [-0.3, -0.25) is 9.88 Å². The van der Waals surface area contributed by atoms with E-state index in [0.717, 1.165) is 49.0 Å². The summed E-state index contributed by atoms with van der Waals surface area (Å²) >= 11 is 0. The quantitative estimate of drug-likeness (QED) is 0.566. The van der Waals surface area contributed by atoms with Gasteiger partial charge in [0.05, 0.1) is 11.6 Å². The Labute approximate surface area is 188 Å². The molecule has 0 radical (unpaired) electrons. The van der Waals surface area contributed by atoms with Gasteiger partial charge in [-0.1, -0.05) is 6.42 Å². The number of piperidine rings is 1. The number of nitrogens with zero attached hydrogens (tertiary/aromatic N) is 5. The highest BCUT2D eigenvalue weighted by atomic mass is 16.5. The van der Waals surface area contributed by atoms with Gasteiger partial charge in [-0.25, -0.2) is 15.0 Å². The molecule has 2 aromatic heterocycles. The van der Waals surface area contributed by atoms with E-state index < -0.39 is 0 Å². The van der Waals surface area contributed by atoms with E-state index in [1.807, 2.05) is 24.5 Å². The summed E-state index contributed by atoms with van der Waals surface area (Å²) in [4.78, 5) is 20.4. The number of nitrogens with one attached hydrogen (secondary N) is 1. The van der Waals surface area contributed by atoms with E-state index in [9.17, 15) is 0 Å². The molecule has 2 fully saturated rings. The lowest BCUT2D eigenvalue weighted by atomic mass is 9.93. The second-order valence-corrected chi connectivity index (χ2v) is 8.93. The van der Waals surface area contributed by atoms with Crippen molar-refractivity contribution in [1.82, 2.24) is 24.8 Å². The molecule has 5 rings (SSSR count). The van der Waals surface area contributed by atoms with Crippen molar-refractivity contribution in [1.29, 1.82) is 0 Å². The van der Waals surface area contributed by atoms with Crippen LogP contribution >= 0.6 is 0 Å². The molecule has 0 atom stereocenters. The standard InChI is InChI=1S/C24H31N7O/c25-18-12-21-23(27-9-8-26-21)22(13-18)32-20-6-4-19(5-7-20)30-24-28-14-17(15-29-24)16-31-10-2-1-3-11-31/h8-9,12-15,19-20H,1-7,10-11,16,25H2,(H,28,29,30). The maximum Gasteiger partial charge on any atom is 0.222 e. The molecule has 0 amide bonds. The van der Waals surface area contributed by atoms with Crippen molar-refractivity contribution in [2.24, 2.45) is 0 Å². The third kappa shape index (κ3) is 5.07. The van der Waals surface area contributed by atoms with Gasteiger partial charge in [0.25, 0.3) is 0 Å². The molecule has 1 aliphatic carbocycles. The number of fused-ring (bicyclic) bond motifs is 1. The zero-order chi connectivity index (χ0) is 21.8. The van der Waals surface area contributed by atoms with Crippen LogP contribution in [0.2, 0.25) is 0 Å². The van der Waals surface area contributed by atoms with E-state index in [-0.39, 0.29) is 6.10 Å². The van der Waals surface area contributed by atoms with E-state index in [4.69, 9.17) is 10.5 Å². The molecule has 168 valence electrons. The highest BCUT2D eigenvalue weighted by Gasteiger charge is 2.24. The molecule has 3 heterocycles. The van der Waals surface area contributed by atoms with Crippen molar-refractivity contribution in [3.63, 3.8) is 0 Å². The lowest BCUT2D eigenvalue weighted by Gasteiger charge is -2.30. The number of ether oxygens (including phenoxy) is 1. The summed E-state index contributed by atoms with van der Waals surface area (Å²) in [7, 11) is 0. The Morgan fingerprint density at radius 2 is 1.69 bits per heavy atom. The Morgan fingerprint density at radius 3 is 2.47 bits per heavy atom. The zero-order valence-corrected chi connectivity index (χ0v) is 18.4. The van der Waals surface area contributed by atoms with Gasteiger partial charge in [0, 0.05) is 54.7 Å². The fourth-order valence-corrected chi connectivity index (χ4v) is 4.73. The lowest BCUT2D eigenvalue weighted by Crippen LogP contribution is -2.32. The summed E-state index contributed by atoms with van der Waals surface area (Å²) in [6, 6.07) is 4.04. The number of benzene rings is 1.